The molecule has 12 heteroatoms. The Kier molecular flexibility index (Phi) is 4.80. The number of hydrogen-bond donors (Lipinski definition) is 2. The highest BCUT2D eigenvalue weighted by atomic mass is 32.2. The molecule has 0 aliphatic rings. The Balaban J connectivity index is 3.73. The molecule has 0 spiro atoms. The molecule has 0 fully saturated rings. The number of nitrogens with one attached hydrogen (secondary N) is 1. The standard InChI is InChI=1S/C11H11F5N2O4S/c1-22-8-6(9(17)19)3-5(10(12,13)11(14,15)16)4-7(8)18-23(2,20)21/h3-4,18H,1-2H3,(H2,17,19). The van der Waals surface area contributed by atoms with Crippen molar-refractivity contribution >= 4 is 21.6 Å². The van der Waals surface area contributed by atoms with Crippen molar-refractivity contribution in [2.45, 2.75) is 12.1 Å². The van der Waals surface area contributed by atoms with E-state index in [2.05, 4.69) is 4.74 Å². The minimum atomic E-state index is -5.96. The summed E-state index contributed by atoms with van der Waals surface area (Å²) in [4.78, 5) is 11.3. The van der Waals surface area contributed by atoms with Crippen molar-refractivity contribution in [3.8, 4) is 5.75 Å². The van der Waals surface area contributed by atoms with Crippen LogP contribution in [0.15, 0.2) is 12.1 Å². The van der Waals surface area contributed by atoms with Crippen LogP contribution in [0.4, 0.5) is 27.6 Å². The molecule has 3 N–H and O–H groups in total. The maximum Gasteiger partial charge on any atom is 0.458 e. The smallest absolute Gasteiger partial charge is 0.458 e. The van der Waals surface area contributed by atoms with E-state index in [0.717, 1.165) is 7.11 Å². The fraction of sp³-hybridized carbons (Fsp3) is 0.364. The number of carbonyl (C=O) groups excluding carboxylic acids is 1. The summed E-state index contributed by atoms with van der Waals surface area (Å²) in [5.74, 6) is -7.29. The van der Waals surface area contributed by atoms with Crippen LogP contribution < -0.4 is 15.2 Å². The predicted molar refractivity (Wildman–Crippen MR) is 69.9 cm³/mol. The monoisotopic (exact) mass is 362 g/mol. The van der Waals surface area contributed by atoms with Gasteiger partial charge in [-0.2, -0.15) is 22.0 Å². The van der Waals surface area contributed by atoms with Gasteiger partial charge in [0.25, 0.3) is 5.91 Å². The SMILES string of the molecule is COc1c(NS(C)(=O)=O)cc(C(F)(F)C(F)(F)F)cc1C(N)=O. The second kappa shape index (κ2) is 5.83. The molecule has 0 saturated heterocycles. The summed E-state index contributed by atoms with van der Waals surface area (Å²) in [6, 6.07) is 0.419. The molecule has 0 atom stereocenters. The summed E-state index contributed by atoms with van der Waals surface area (Å²) >= 11 is 0. The Morgan fingerprint density at radius 1 is 1.22 bits per heavy atom. The van der Waals surface area contributed by atoms with E-state index in [0.29, 0.717) is 6.26 Å². The van der Waals surface area contributed by atoms with Crippen molar-refractivity contribution in [3.63, 3.8) is 0 Å². The number of carbonyl (C=O) groups is 1. The largest absolute Gasteiger partial charge is 0.494 e. The number of anilines is 1. The molecule has 1 aromatic carbocycles. The number of primary amides is 1. The van der Waals surface area contributed by atoms with Crippen molar-refractivity contribution in [3.05, 3.63) is 23.3 Å². The van der Waals surface area contributed by atoms with Crippen molar-refractivity contribution < 1.29 is 39.9 Å². The highest BCUT2D eigenvalue weighted by molar-refractivity contribution is 7.92. The van der Waals surface area contributed by atoms with Crippen molar-refractivity contribution in [2.24, 2.45) is 5.73 Å². The molecule has 0 heterocycles. The highest BCUT2D eigenvalue weighted by Gasteiger charge is 2.59. The molecule has 0 radical (unpaired) electrons. The Labute approximate surface area is 127 Å². The summed E-state index contributed by atoms with van der Waals surface area (Å²) in [5, 5.41) is 0. The Bertz CT molecular complexity index is 731. The molecule has 6 nitrogen and oxygen atoms in total. The minimum absolute atomic E-state index is 0.197. The summed E-state index contributed by atoms with van der Waals surface area (Å²) < 4.78 is 93.1. The zero-order valence-corrected chi connectivity index (χ0v) is 12.5. The van der Waals surface area contributed by atoms with E-state index < -0.39 is 50.6 Å². The molecule has 1 amide bonds. The number of halogens is 5. The number of sulfonamides is 1. The van der Waals surface area contributed by atoms with Crippen LogP contribution >= 0.6 is 0 Å². The molecular formula is C11H11F5N2O4S. The van der Waals surface area contributed by atoms with Crippen LogP contribution in [0.1, 0.15) is 15.9 Å². The predicted octanol–water partition coefficient (Wildman–Crippen LogP) is 1.82. The van der Waals surface area contributed by atoms with Crippen molar-refractivity contribution in [1.82, 2.24) is 0 Å². The number of ether oxygens (including phenoxy) is 1. The quantitative estimate of drug-likeness (QED) is 0.781. The molecular weight excluding hydrogens is 351 g/mol. The average Bonchev–Trinajstić information content (AvgIpc) is 2.34. The topological polar surface area (TPSA) is 98.5 Å². The van der Waals surface area contributed by atoms with Gasteiger partial charge in [0.1, 0.15) is 0 Å². The van der Waals surface area contributed by atoms with E-state index >= 15 is 0 Å². The zero-order chi connectivity index (χ0) is 18.2. The van der Waals surface area contributed by atoms with E-state index in [-0.39, 0.29) is 12.1 Å². The highest BCUT2D eigenvalue weighted by Crippen LogP contribution is 2.46. The fourth-order valence-electron chi connectivity index (χ4n) is 1.65. The van der Waals surface area contributed by atoms with Gasteiger partial charge >= 0.3 is 12.1 Å². The van der Waals surface area contributed by atoms with Gasteiger partial charge in [-0.05, 0) is 12.1 Å². The molecule has 130 valence electrons. The number of amides is 1. The van der Waals surface area contributed by atoms with Gasteiger partial charge < -0.3 is 10.5 Å². The Hall–Kier alpha value is -2.11. The number of rotatable bonds is 5. The third-order valence-electron chi connectivity index (χ3n) is 2.57. The molecule has 23 heavy (non-hydrogen) atoms. The first-order valence-electron chi connectivity index (χ1n) is 5.65. The summed E-state index contributed by atoms with van der Waals surface area (Å²) in [6.07, 6.45) is -5.33. The van der Waals surface area contributed by atoms with Crippen LogP contribution in [0, 0.1) is 0 Å². The molecule has 0 aliphatic heterocycles. The molecule has 1 aromatic rings. The van der Waals surface area contributed by atoms with E-state index in [1.165, 1.54) is 0 Å². The first-order valence-corrected chi connectivity index (χ1v) is 7.54. The van der Waals surface area contributed by atoms with Crippen molar-refractivity contribution in [1.29, 1.82) is 0 Å². The number of methoxy groups -OCH3 is 1. The first kappa shape index (κ1) is 18.9. The number of alkyl halides is 5. The molecule has 0 aliphatic carbocycles. The van der Waals surface area contributed by atoms with Crippen molar-refractivity contribution in [2.75, 3.05) is 18.1 Å². The van der Waals surface area contributed by atoms with Crippen LogP contribution in [-0.2, 0) is 15.9 Å². The van der Waals surface area contributed by atoms with Gasteiger partial charge in [0.05, 0.1) is 24.6 Å². The lowest BCUT2D eigenvalue weighted by Crippen LogP contribution is -2.34. The van der Waals surface area contributed by atoms with E-state index in [1.807, 2.05) is 0 Å². The summed E-state index contributed by atoms with van der Waals surface area (Å²) in [6.45, 7) is 0. The fourth-order valence-corrected chi connectivity index (χ4v) is 2.20. The third-order valence-corrected chi connectivity index (χ3v) is 3.16. The van der Waals surface area contributed by atoms with E-state index in [9.17, 15) is 35.2 Å². The number of nitrogens with two attached hydrogens (primary N) is 1. The molecule has 0 unspecified atom stereocenters. The van der Waals surface area contributed by atoms with Gasteiger partial charge in [-0.1, -0.05) is 0 Å². The van der Waals surface area contributed by atoms with Gasteiger partial charge in [0.15, 0.2) is 5.75 Å². The Morgan fingerprint density at radius 2 is 1.74 bits per heavy atom. The van der Waals surface area contributed by atoms with Gasteiger partial charge in [-0.15, -0.1) is 0 Å². The second-order valence-corrected chi connectivity index (χ2v) is 6.16. The van der Waals surface area contributed by atoms with Crippen LogP contribution in [0.25, 0.3) is 0 Å². The number of hydrogen-bond acceptors (Lipinski definition) is 4. The van der Waals surface area contributed by atoms with Gasteiger partial charge in [0, 0.05) is 5.56 Å². The second-order valence-electron chi connectivity index (χ2n) is 4.42. The molecule has 0 saturated carbocycles. The number of benzene rings is 1. The van der Waals surface area contributed by atoms with E-state index in [1.54, 1.807) is 4.72 Å². The molecule has 0 bridgehead atoms. The van der Waals surface area contributed by atoms with Gasteiger partial charge in [0.2, 0.25) is 10.0 Å². The lowest BCUT2D eigenvalue weighted by atomic mass is 10.0. The first-order chi connectivity index (χ1) is 10.2. The van der Waals surface area contributed by atoms with Gasteiger partial charge in [-0.25, -0.2) is 8.42 Å². The summed E-state index contributed by atoms with van der Waals surface area (Å²) in [5.41, 5.74) is 1.65. The lowest BCUT2D eigenvalue weighted by molar-refractivity contribution is -0.289. The Morgan fingerprint density at radius 3 is 2.09 bits per heavy atom. The van der Waals surface area contributed by atoms with Crippen LogP contribution in [0.5, 0.6) is 5.75 Å². The zero-order valence-electron chi connectivity index (χ0n) is 11.7. The van der Waals surface area contributed by atoms with E-state index in [4.69, 9.17) is 5.73 Å². The van der Waals surface area contributed by atoms with Gasteiger partial charge in [-0.3, -0.25) is 9.52 Å². The molecule has 0 aromatic heterocycles. The van der Waals surface area contributed by atoms with Crippen LogP contribution in [-0.4, -0.2) is 33.9 Å². The average molecular weight is 362 g/mol. The molecule has 1 rings (SSSR count). The maximum absolute atomic E-state index is 13.5. The minimum Gasteiger partial charge on any atom is -0.494 e. The maximum atomic E-state index is 13.5. The third kappa shape index (κ3) is 4.00. The summed E-state index contributed by atoms with van der Waals surface area (Å²) in [7, 11) is -3.10. The van der Waals surface area contributed by atoms with Crippen LogP contribution in [0.3, 0.4) is 0 Å². The van der Waals surface area contributed by atoms with Crippen LogP contribution in [0.2, 0.25) is 0 Å². The lowest BCUT2D eigenvalue weighted by Gasteiger charge is -2.22. The normalized spacial score (nSPS) is 12.8.